The molecule has 4 aliphatic rings. The van der Waals surface area contributed by atoms with Crippen LogP contribution < -0.4 is 4.74 Å². The van der Waals surface area contributed by atoms with Crippen molar-refractivity contribution < 1.29 is 39.5 Å². The Hall–Kier alpha value is -2.46. The van der Waals surface area contributed by atoms with Gasteiger partial charge in [0, 0.05) is 23.6 Å². The van der Waals surface area contributed by atoms with Crippen LogP contribution in [0.15, 0.2) is 24.0 Å². The van der Waals surface area contributed by atoms with Crippen molar-refractivity contribution in [3.05, 3.63) is 40.7 Å². The molecule has 9 nitrogen and oxygen atoms in total. The zero-order valence-electron chi connectivity index (χ0n) is 17.1. The zero-order chi connectivity index (χ0) is 22.1. The van der Waals surface area contributed by atoms with Crippen LogP contribution in [-0.2, 0) is 32.8 Å². The lowest BCUT2D eigenvalue weighted by atomic mass is 9.50. The molecule has 1 spiro atoms. The topological polar surface area (TPSA) is 137 Å². The van der Waals surface area contributed by atoms with Crippen molar-refractivity contribution in [1.82, 2.24) is 4.90 Å². The van der Waals surface area contributed by atoms with Gasteiger partial charge in [-0.15, -0.1) is 0 Å². The Morgan fingerprint density at radius 3 is 2.87 bits per heavy atom. The molecule has 0 saturated carbocycles. The minimum atomic E-state index is -1.86. The number of carbonyl (C=O) groups is 2. The second-order valence-corrected chi connectivity index (χ2v) is 8.93. The molecule has 5 atom stereocenters. The first-order valence-electron chi connectivity index (χ1n) is 10.4. The van der Waals surface area contributed by atoms with E-state index < -0.39 is 41.6 Å². The number of esters is 1. The van der Waals surface area contributed by atoms with Gasteiger partial charge in [-0.05, 0) is 38.1 Å². The molecule has 31 heavy (non-hydrogen) atoms. The standard InChI is InChI=1S/C22H25NO8/c1-23-7-6-21-17-11-2-3-12(10-24)18(17)31-19(21)14(4-5-22(21,29)15(23)8-11)30-16(26)9-13(25)20(27)28/h2-4,13,15,19,24-25,29H,5-10H2,1H3,(H,27,28)/t13-,15+,19-,21-,22+/m0/s1. The van der Waals surface area contributed by atoms with Crippen molar-refractivity contribution in [1.29, 1.82) is 0 Å². The molecule has 166 valence electrons. The number of nitrogens with zero attached hydrogens (tertiary/aromatic N) is 1. The summed E-state index contributed by atoms with van der Waals surface area (Å²) in [7, 11) is 1.99. The quantitative estimate of drug-likeness (QED) is 0.469. The first kappa shape index (κ1) is 20.4. The molecular formula is C22H25NO8. The molecule has 1 saturated heterocycles. The maximum absolute atomic E-state index is 12.3. The number of aliphatic hydroxyl groups is 3. The third-order valence-electron chi connectivity index (χ3n) is 7.50. The predicted octanol–water partition coefficient (Wildman–Crippen LogP) is -0.165. The third kappa shape index (κ3) is 2.57. The summed E-state index contributed by atoms with van der Waals surface area (Å²) in [5.41, 5.74) is 0.545. The number of aliphatic carboxylic acids is 1. The van der Waals surface area contributed by atoms with Gasteiger partial charge in [0.1, 0.15) is 11.5 Å². The molecule has 0 amide bonds. The minimum absolute atomic E-state index is 0.145. The van der Waals surface area contributed by atoms with Gasteiger partial charge in [0.25, 0.3) is 0 Å². The van der Waals surface area contributed by atoms with Crippen molar-refractivity contribution in [3.8, 4) is 5.75 Å². The Morgan fingerprint density at radius 2 is 2.16 bits per heavy atom. The molecule has 9 heteroatoms. The number of rotatable bonds is 5. The number of carboxylic acids is 1. The number of ether oxygens (including phenoxy) is 2. The second-order valence-electron chi connectivity index (χ2n) is 8.93. The molecule has 0 radical (unpaired) electrons. The van der Waals surface area contributed by atoms with Crippen LogP contribution in [0.2, 0.25) is 0 Å². The number of piperidine rings is 1. The van der Waals surface area contributed by atoms with Gasteiger partial charge in [0.15, 0.2) is 12.2 Å². The molecule has 5 rings (SSSR count). The molecule has 2 heterocycles. The fourth-order valence-corrected chi connectivity index (χ4v) is 6.05. The highest BCUT2D eigenvalue weighted by atomic mass is 16.6. The summed E-state index contributed by atoms with van der Waals surface area (Å²) >= 11 is 0. The van der Waals surface area contributed by atoms with Crippen LogP contribution in [0.4, 0.5) is 0 Å². The van der Waals surface area contributed by atoms with Gasteiger partial charge < -0.3 is 34.8 Å². The van der Waals surface area contributed by atoms with Crippen LogP contribution in [-0.4, -0.2) is 74.7 Å². The van der Waals surface area contributed by atoms with Gasteiger partial charge in [-0.3, -0.25) is 4.79 Å². The first-order valence-corrected chi connectivity index (χ1v) is 10.4. The maximum atomic E-state index is 12.3. The summed E-state index contributed by atoms with van der Waals surface area (Å²) in [5, 5.41) is 40.2. The molecule has 0 aromatic heterocycles. The average molecular weight is 431 g/mol. The smallest absolute Gasteiger partial charge is 0.333 e. The van der Waals surface area contributed by atoms with Crippen molar-refractivity contribution in [2.75, 3.05) is 13.6 Å². The fourth-order valence-electron chi connectivity index (χ4n) is 6.05. The molecule has 4 N–H and O–H groups in total. The monoisotopic (exact) mass is 431 g/mol. The molecule has 2 aliphatic carbocycles. The Bertz CT molecular complexity index is 1010. The van der Waals surface area contributed by atoms with Gasteiger partial charge in [-0.2, -0.15) is 0 Å². The van der Waals surface area contributed by atoms with Crippen molar-refractivity contribution in [2.24, 2.45) is 0 Å². The SMILES string of the molecule is CN1CC[C@]23c4c5ccc(CO)c4O[C@H]2C(OC(=O)C[C@H](O)C(=O)O)=CC[C@@]3(O)[C@H]1C5. The molecule has 0 unspecified atom stereocenters. The van der Waals surface area contributed by atoms with E-state index in [1.54, 1.807) is 6.08 Å². The predicted molar refractivity (Wildman–Crippen MR) is 105 cm³/mol. The summed E-state index contributed by atoms with van der Waals surface area (Å²) < 4.78 is 11.8. The average Bonchev–Trinajstić information content (AvgIpc) is 3.08. The van der Waals surface area contributed by atoms with E-state index in [1.807, 2.05) is 19.2 Å². The van der Waals surface area contributed by atoms with Crippen LogP contribution >= 0.6 is 0 Å². The summed E-state index contributed by atoms with van der Waals surface area (Å²) in [6, 6.07) is 3.64. The van der Waals surface area contributed by atoms with E-state index in [9.17, 15) is 24.9 Å². The number of likely N-dealkylation sites (N-methyl/N-ethyl adjacent to an activating group) is 1. The van der Waals surface area contributed by atoms with Crippen LogP contribution in [0.25, 0.3) is 0 Å². The van der Waals surface area contributed by atoms with Gasteiger partial charge in [0.05, 0.1) is 24.0 Å². The van der Waals surface area contributed by atoms with Crippen LogP contribution in [0.5, 0.6) is 5.75 Å². The van der Waals surface area contributed by atoms with Crippen molar-refractivity contribution in [3.63, 3.8) is 0 Å². The number of likely N-dealkylation sites (tertiary alicyclic amines) is 1. The Morgan fingerprint density at radius 1 is 1.39 bits per heavy atom. The lowest BCUT2D eigenvalue weighted by Gasteiger charge is -2.61. The van der Waals surface area contributed by atoms with Crippen molar-refractivity contribution in [2.45, 2.75) is 61.6 Å². The maximum Gasteiger partial charge on any atom is 0.333 e. The van der Waals surface area contributed by atoms with Crippen LogP contribution in [0.1, 0.15) is 36.0 Å². The zero-order valence-corrected chi connectivity index (χ0v) is 17.1. The van der Waals surface area contributed by atoms with E-state index in [2.05, 4.69) is 4.90 Å². The van der Waals surface area contributed by atoms with E-state index >= 15 is 0 Å². The van der Waals surface area contributed by atoms with Gasteiger partial charge in [-0.25, -0.2) is 4.79 Å². The summed E-state index contributed by atoms with van der Waals surface area (Å²) in [4.78, 5) is 25.3. The minimum Gasteiger partial charge on any atom is -0.481 e. The number of hydrogen-bond donors (Lipinski definition) is 4. The lowest BCUT2D eigenvalue weighted by Crippen LogP contribution is -2.74. The molecule has 1 aromatic carbocycles. The Balaban J connectivity index is 1.59. The number of hydrogen-bond acceptors (Lipinski definition) is 8. The highest BCUT2D eigenvalue weighted by Crippen LogP contribution is 2.64. The van der Waals surface area contributed by atoms with Crippen molar-refractivity contribution >= 4 is 11.9 Å². The molecule has 1 fully saturated rings. The summed E-state index contributed by atoms with van der Waals surface area (Å²) in [5.74, 6) is -1.65. The van der Waals surface area contributed by atoms with Crippen LogP contribution in [0, 0.1) is 0 Å². The van der Waals surface area contributed by atoms with E-state index in [0.29, 0.717) is 30.7 Å². The first-order chi connectivity index (χ1) is 14.7. The Kier molecular flexibility index (Phi) is 4.46. The van der Waals surface area contributed by atoms with Gasteiger partial charge in [0.2, 0.25) is 0 Å². The highest BCUT2D eigenvalue weighted by molar-refractivity contribution is 5.81. The van der Waals surface area contributed by atoms with Gasteiger partial charge in [-0.1, -0.05) is 12.1 Å². The largest absolute Gasteiger partial charge is 0.481 e. The molecule has 1 aromatic rings. The van der Waals surface area contributed by atoms with E-state index in [0.717, 1.165) is 11.1 Å². The number of carboxylic acid groups (broad SMARTS) is 1. The molecule has 2 bridgehead atoms. The Labute approximate surface area is 178 Å². The van der Waals surface area contributed by atoms with E-state index in [-0.39, 0.29) is 24.8 Å². The number of aliphatic hydroxyl groups excluding tert-OH is 2. The van der Waals surface area contributed by atoms with Gasteiger partial charge >= 0.3 is 11.9 Å². The highest BCUT2D eigenvalue weighted by Gasteiger charge is 2.71. The second kappa shape index (κ2) is 6.77. The summed E-state index contributed by atoms with van der Waals surface area (Å²) in [6.07, 6.45) is -0.236. The third-order valence-corrected chi connectivity index (χ3v) is 7.50. The lowest BCUT2D eigenvalue weighted by molar-refractivity contribution is -0.170. The van der Waals surface area contributed by atoms with E-state index in [4.69, 9.17) is 14.6 Å². The number of benzene rings is 1. The number of carbonyl (C=O) groups excluding carboxylic acids is 1. The van der Waals surface area contributed by atoms with Crippen LogP contribution in [0.3, 0.4) is 0 Å². The molecule has 2 aliphatic heterocycles. The summed E-state index contributed by atoms with van der Waals surface area (Å²) in [6.45, 7) is 0.491. The van der Waals surface area contributed by atoms with E-state index in [1.165, 1.54) is 0 Å². The fraction of sp³-hybridized carbons (Fsp3) is 0.545. The normalized spacial score (nSPS) is 33.7. The molecular weight excluding hydrogens is 406 g/mol.